The van der Waals surface area contributed by atoms with Crippen molar-refractivity contribution in [1.29, 1.82) is 0 Å². The van der Waals surface area contributed by atoms with Crippen LogP contribution in [0.2, 0.25) is 0 Å². The first kappa shape index (κ1) is 15.3. The predicted octanol–water partition coefficient (Wildman–Crippen LogP) is 1.17. The number of hydrogen-bond donors (Lipinski definition) is 2. The van der Waals surface area contributed by atoms with E-state index in [1.54, 1.807) is 18.2 Å². The number of rotatable bonds is 3. The van der Waals surface area contributed by atoms with Gasteiger partial charge in [-0.2, -0.15) is 0 Å². The third-order valence-electron chi connectivity index (χ3n) is 3.46. The Morgan fingerprint density at radius 3 is 2.75 bits per heavy atom. The van der Waals surface area contributed by atoms with Crippen LogP contribution in [0, 0.1) is 0 Å². The van der Waals surface area contributed by atoms with Gasteiger partial charge in [0.2, 0.25) is 0 Å². The van der Waals surface area contributed by atoms with Gasteiger partial charge in [-0.15, -0.1) is 0 Å². The van der Waals surface area contributed by atoms with Gasteiger partial charge in [0.15, 0.2) is 0 Å². The molecule has 0 unspecified atom stereocenters. The molecule has 1 aromatic carbocycles. The van der Waals surface area contributed by atoms with Gasteiger partial charge in [-0.05, 0) is 31.2 Å². The molecule has 0 bridgehead atoms. The zero-order chi connectivity index (χ0) is 14.5. The summed E-state index contributed by atoms with van der Waals surface area (Å²) in [5.41, 5.74) is 6.98. The van der Waals surface area contributed by atoms with Gasteiger partial charge in [0.1, 0.15) is 0 Å². The summed E-state index contributed by atoms with van der Waals surface area (Å²) in [5.74, 6) is 0.0175. The fourth-order valence-electron chi connectivity index (χ4n) is 2.46. The Morgan fingerprint density at radius 1 is 1.25 bits per heavy atom. The number of anilines is 1. The molecule has 0 aromatic heterocycles. The van der Waals surface area contributed by atoms with E-state index in [2.05, 4.69) is 20.8 Å². The number of aliphatic hydroxyl groups is 1. The van der Waals surface area contributed by atoms with Gasteiger partial charge < -0.3 is 15.7 Å². The van der Waals surface area contributed by atoms with Gasteiger partial charge in [0, 0.05) is 41.9 Å². The van der Waals surface area contributed by atoms with Crippen molar-refractivity contribution in [3.05, 3.63) is 28.2 Å². The molecule has 6 heteroatoms. The SMILES string of the molecule is Nc1cc(Br)cc(C(=O)N2CCCN(CCO)CC2)c1. The van der Waals surface area contributed by atoms with Crippen LogP contribution in [0.25, 0.3) is 0 Å². The van der Waals surface area contributed by atoms with Crippen molar-refractivity contribution < 1.29 is 9.90 Å². The smallest absolute Gasteiger partial charge is 0.254 e. The van der Waals surface area contributed by atoms with Crippen LogP contribution in [0.5, 0.6) is 0 Å². The van der Waals surface area contributed by atoms with Gasteiger partial charge in [-0.1, -0.05) is 15.9 Å². The molecule has 3 N–H and O–H groups in total. The molecule has 2 rings (SSSR count). The predicted molar refractivity (Wildman–Crippen MR) is 82.6 cm³/mol. The quantitative estimate of drug-likeness (QED) is 0.809. The van der Waals surface area contributed by atoms with E-state index in [0.717, 1.165) is 30.5 Å². The number of β-amino-alcohol motifs (C(OH)–C–C–N with tert-alkyl or cyclic N) is 1. The average Bonchev–Trinajstić information content (AvgIpc) is 2.63. The van der Waals surface area contributed by atoms with Crippen molar-refractivity contribution >= 4 is 27.5 Å². The minimum atomic E-state index is 0.0175. The first-order valence-electron chi connectivity index (χ1n) is 6.78. The van der Waals surface area contributed by atoms with E-state index >= 15 is 0 Å². The minimum Gasteiger partial charge on any atom is -0.399 e. The van der Waals surface area contributed by atoms with Crippen LogP contribution in [0.1, 0.15) is 16.8 Å². The number of nitrogens with two attached hydrogens (primary N) is 1. The molecule has 0 aliphatic carbocycles. The highest BCUT2D eigenvalue weighted by Gasteiger charge is 2.20. The van der Waals surface area contributed by atoms with Crippen molar-refractivity contribution in [1.82, 2.24) is 9.80 Å². The van der Waals surface area contributed by atoms with E-state index in [4.69, 9.17) is 10.8 Å². The number of nitrogen functional groups attached to an aromatic ring is 1. The lowest BCUT2D eigenvalue weighted by atomic mass is 10.1. The lowest BCUT2D eigenvalue weighted by Gasteiger charge is -2.21. The number of halogens is 1. The summed E-state index contributed by atoms with van der Waals surface area (Å²) < 4.78 is 0.817. The number of carbonyl (C=O) groups is 1. The Hall–Kier alpha value is -1.11. The maximum atomic E-state index is 12.5. The van der Waals surface area contributed by atoms with E-state index in [1.165, 1.54) is 0 Å². The van der Waals surface area contributed by atoms with Crippen molar-refractivity contribution in [3.63, 3.8) is 0 Å². The summed E-state index contributed by atoms with van der Waals surface area (Å²) in [6.07, 6.45) is 0.926. The summed E-state index contributed by atoms with van der Waals surface area (Å²) in [6, 6.07) is 5.29. The highest BCUT2D eigenvalue weighted by atomic mass is 79.9. The number of amides is 1. The van der Waals surface area contributed by atoms with Gasteiger partial charge in [-0.3, -0.25) is 9.69 Å². The molecule has 1 fully saturated rings. The molecule has 1 heterocycles. The van der Waals surface area contributed by atoms with Crippen molar-refractivity contribution in [2.75, 3.05) is 45.1 Å². The Kier molecular flexibility index (Phi) is 5.39. The Bertz CT molecular complexity index is 461. The summed E-state index contributed by atoms with van der Waals surface area (Å²) >= 11 is 3.36. The minimum absolute atomic E-state index is 0.0175. The van der Waals surface area contributed by atoms with Crippen LogP contribution >= 0.6 is 15.9 Å². The molecule has 20 heavy (non-hydrogen) atoms. The zero-order valence-corrected chi connectivity index (χ0v) is 13.0. The third kappa shape index (κ3) is 3.94. The standard InChI is InChI=1S/C14H20BrN3O2/c15-12-8-11(9-13(16)10-12)14(20)18-3-1-2-17(4-5-18)6-7-19/h8-10,19H,1-7,16H2. The van der Waals surface area contributed by atoms with Crippen LogP contribution < -0.4 is 5.73 Å². The Morgan fingerprint density at radius 2 is 2.05 bits per heavy atom. The molecule has 0 saturated carbocycles. The second-order valence-electron chi connectivity index (χ2n) is 4.98. The zero-order valence-electron chi connectivity index (χ0n) is 11.4. The fraction of sp³-hybridized carbons (Fsp3) is 0.500. The topological polar surface area (TPSA) is 69.8 Å². The molecule has 1 amide bonds. The maximum Gasteiger partial charge on any atom is 0.254 e. The van der Waals surface area contributed by atoms with Gasteiger partial charge in [0.25, 0.3) is 5.91 Å². The van der Waals surface area contributed by atoms with Gasteiger partial charge in [-0.25, -0.2) is 0 Å². The van der Waals surface area contributed by atoms with E-state index < -0.39 is 0 Å². The Balaban J connectivity index is 2.05. The van der Waals surface area contributed by atoms with E-state index in [9.17, 15) is 4.79 Å². The first-order valence-corrected chi connectivity index (χ1v) is 7.58. The van der Waals surface area contributed by atoms with Crippen molar-refractivity contribution in [3.8, 4) is 0 Å². The first-order chi connectivity index (χ1) is 9.60. The number of hydrogen-bond acceptors (Lipinski definition) is 4. The molecule has 1 saturated heterocycles. The number of carbonyl (C=O) groups excluding carboxylic acids is 1. The summed E-state index contributed by atoms with van der Waals surface area (Å²) in [6.45, 7) is 3.99. The molecule has 0 radical (unpaired) electrons. The lowest BCUT2D eigenvalue weighted by molar-refractivity contribution is 0.0760. The van der Waals surface area contributed by atoms with E-state index in [0.29, 0.717) is 24.3 Å². The van der Waals surface area contributed by atoms with Crippen LogP contribution in [-0.4, -0.2) is 60.1 Å². The van der Waals surface area contributed by atoms with Crippen LogP contribution in [0.4, 0.5) is 5.69 Å². The second-order valence-corrected chi connectivity index (χ2v) is 5.90. The lowest BCUT2D eigenvalue weighted by Crippen LogP contribution is -2.35. The molecular weight excluding hydrogens is 322 g/mol. The van der Waals surface area contributed by atoms with E-state index in [1.807, 2.05) is 4.90 Å². The molecule has 0 atom stereocenters. The highest BCUT2D eigenvalue weighted by molar-refractivity contribution is 9.10. The second kappa shape index (κ2) is 7.06. The average molecular weight is 342 g/mol. The third-order valence-corrected chi connectivity index (χ3v) is 3.92. The van der Waals surface area contributed by atoms with Gasteiger partial charge in [0.05, 0.1) is 6.61 Å². The summed E-state index contributed by atoms with van der Waals surface area (Å²) in [5, 5.41) is 8.98. The molecule has 1 aliphatic heterocycles. The van der Waals surface area contributed by atoms with E-state index in [-0.39, 0.29) is 12.5 Å². The molecule has 0 spiro atoms. The molecule has 1 aromatic rings. The molecule has 110 valence electrons. The van der Waals surface area contributed by atoms with Gasteiger partial charge >= 0.3 is 0 Å². The fourth-order valence-corrected chi connectivity index (χ4v) is 2.97. The molecule has 1 aliphatic rings. The molecule has 5 nitrogen and oxygen atoms in total. The summed E-state index contributed by atoms with van der Waals surface area (Å²) in [7, 11) is 0. The van der Waals surface area contributed by atoms with Crippen molar-refractivity contribution in [2.24, 2.45) is 0 Å². The normalized spacial score (nSPS) is 17.0. The largest absolute Gasteiger partial charge is 0.399 e. The molecular formula is C14H20BrN3O2. The Labute approximate surface area is 127 Å². The monoisotopic (exact) mass is 341 g/mol. The van der Waals surface area contributed by atoms with Crippen LogP contribution in [0.15, 0.2) is 22.7 Å². The maximum absolute atomic E-state index is 12.5. The summed E-state index contributed by atoms with van der Waals surface area (Å²) in [4.78, 5) is 16.5. The number of nitrogens with zero attached hydrogens (tertiary/aromatic N) is 2. The van der Waals surface area contributed by atoms with Crippen molar-refractivity contribution in [2.45, 2.75) is 6.42 Å². The van der Waals surface area contributed by atoms with Crippen LogP contribution in [-0.2, 0) is 0 Å². The number of aliphatic hydroxyl groups excluding tert-OH is 1. The highest BCUT2D eigenvalue weighted by Crippen LogP contribution is 2.19. The number of benzene rings is 1. The van der Waals surface area contributed by atoms with Crippen LogP contribution in [0.3, 0.4) is 0 Å².